The van der Waals surface area contributed by atoms with E-state index in [0.29, 0.717) is 19.2 Å². The predicted molar refractivity (Wildman–Crippen MR) is 73.6 cm³/mol. The molecule has 1 heterocycles. The average Bonchev–Trinajstić information content (AvgIpc) is 3.10. The van der Waals surface area contributed by atoms with Crippen molar-refractivity contribution in [3.8, 4) is 0 Å². The van der Waals surface area contributed by atoms with Crippen LogP contribution in [0.15, 0.2) is 0 Å². The van der Waals surface area contributed by atoms with Gasteiger partial charge in [-0.25, -0.2) is 0 Å². The Kier molecular flexibility index (Phi) is 5.60. The molecule has 0 aromatic rings. The maximum absolute atomic E-state index is 12.1. The molecule has 106 valence electrons. The zero-order valence-corrected chi connectivity index (χ0v) is 12.5. The van der Waals surface area contributed by atoms with Crippen molar-refractivity contribution < 1.29 is 9.53 Å². The van der Waals surface area contributed by atoms with Gasteiger partial charge in [-0.2, -0.15) is 0 Å². The summed E-state index contributed by atoms with van der Waals surface area (Å²) in [7, 11) is 2.00. The minimum Gasteiger partial charge on any atom is -0.371 e. The van der Waals surface area contributed by atoms with Crippen LogP contribution in [0.4, 0.5) is 0 Å². The van der Waals surface area contributed by atoms with Gasteiger partial charge in [-0.3, -0.25) is 9.69 Å². The quantitative estimate of drug-likeness (QED) is 0.771. The lowest BCUT2D eigenvalue weighted by Crippen LogP contribution is -2.50. The third-order valence-corrected chi connectivity index (χ3v) is 3.68. The minimum atomic E-state index is 0.0459. The molecule has 0 unspecified atom stereocenters. The summed E-state index contributed by atoms with van der Waals surface area (Å²) in [5.74, 6) is 0.241. The first-order valence-electron chi connectivity index (χ1n) is 7.14. The summed E-state index contributed by atoms with van der Waals surface area (Å²) < 4.78 is 5.70. The summed E-state index contributed by atoms with van der Waals surface area (Å²) in [6.07, 6.45) is 2.24. The number of rotatable bonds is 3. The summed E-state index contributed by atoms with van der Waals surface area (Å²) >= 11 is 0. The Morgan fingerprint density at radius 2 is 2.00 bits per heavy atom. The van der Waals surface area contributed by atoms with E-state index in [2.05, 4.69) is 18.7 Å². The third-order valence-electron chi connectivity index (χ3n) is 3.68. The normalized spacial score (nSPS) is 20.9. The average molecular weight is 256 g/mol. The van der Waals surface area contributed by atoms with Crippen molar-refractivity contribution in [2.24, 2.45) is 0 Å². The van der Waals surface area contributed by atoms with E-state index < -0.39 is 0 Å². The van der Waals surface area contributed by atoms with E-state index in [1.54, 1.807) is 0 Å². The number of carbonyl (C=O) groups is 1. The molecule has 0 atom stereocenters. The van der Waals surface area contributed by atoms with Crippen LogP contribution in [0, 0.1) is 0 Å². The fourth-order valence-electron chi connectivity index (χ4n) is 2.00. The Morgan fingerprint density at radius 1 is 1.39 bits per heavy atom. The number of amides is 1. The molecular formula is C14H28N2O2. The van der Waals surface area contributed by atoms with Crippen molar-refractivity contribution in [1.82, 2.24) is 9.80 Å². The molecule has 2 rings (SSSR count). The van der Waals surface area contributed by atoms with Gasteiger partial charge < -0.3 is 9.64 Å². The number of hydrogen-bond donors (Lipinski definition) is 0. The van der Waals surface area contributed by atoms with Gasteiger partial charge in [0, 0.05) is 19.1 Å². The molecule has 0 radical (unpaired) electrons. The van der Waals surface area contributed by atoms with Crippen LogP contribution in [-0.4, -0.2) is 60.6 Å². The largest absolute Gasteiger partial charge is 0.371 e. The lowest BCUT2D eigenvalue weighted by atomic mass is 10.2. The molecule has 1 aliphatic heterocycles. The first-order valence-corrected chi connectivity index (χ1v) is 7.14. The third kappa shape index (κ3) is 3.95. The van der Waals surface area contributed by atoms with Gasteiger partial charge in [0.05, 0.1) is 18.8 Å². The highest BCUT2D eigenvalue weighted by atomic mass is 16.5. The van der Waals surface area contributed by atoms with Crippen LogP contribution in [0.25, 0.3) is 0 Å². The monoisotopic (exact) mass is 256 g/mol. The van der Waals surface area contributed by atoms with Crippen molar-refractivity contribution in [3.63, 3.8) is 0 Å². The van der Waals surface area contributed by atoms with E-state index in [0.717, 1.165) is 25.9 Å². The Balaban J connectivity index is 0.000000771. The van der Waals surface area contributed by atoms with E-state index >= 15 is 0 Å². The molecule has 2 fully saturated rings. The first-order chi connectivity index (χ1) is 8.52. The van der Waals surface area contributed by atoms with Crippen molar-refractivity contribution in [3.05, 3.63) is 0 Å². The van der Waals surface area contributed by atoms with Crippen LogP contribution in [0.3, 0.4) is 0 Å². The molecule has 1 aliphatic carbocycles. The summed E-state index contributed by atoms with van der Waals surface area (Å²) in [6.45, 7) is 11.0. The number of hydrogen-bond acceptors (Lipinski definition) is 3. The number of morpholine rings is 1. The zero-order valence-electron chi connectivity index (χ0n) is 12.5. The van der Waals surface area contributed by atoms with Crippen LogP contribution in [0.2, 0.25) is 0 Å². The molecular weight excluding hydrogens is 228 g/mol. The van der Waals surface area contributed by atoms with Gasteiger partial charge in [-0.05, 0) is 33.7 Å². The van der Waals surface area contributed by atoms with Crippen molar-refractivity contribution >= 4 is 5.91 Å². The van der Waals surface area contributed by atoms with Gasteiger partial charge in [0.2, 0.25) is 5.91 Å². The molecule has 18 heavy (non-hydrogen) atoms. The smallest absolute Gasteiger partial charge is 0.236 e. The van der Waals surface area contributed by atoms with Gasteiger partial charge in [0.15, 0.2) is 0 Å². The first kappa shape index (κ1) is 15.4. The number of nitrogens with zero attached hydrogens (tertiary/aromatic N) is 2. The lowest BCUT2D eigenvalue weighted by Gasteiger charge is -2.34. The van der Waals surface area contributed by atoms with Gasteiger partial charge in [-0.15, -0.1) is 0 Å². The molecule has 1 spiro atoms. The van der Waals surface area contributed by atoms with E-state index in [1.807, 2.05) is 25.8 Å². The van der Waals surface area contributed by atoms with Crippen molar-refractivity contribution in [2.75, 3.05) is 33.3 Å². The van der Waals surface area contributed by atoms with Crippen LogP contribution < -0.4 is 0 Å². The second-order valence-electron chi connectivity index (χ2n) is 5.36. The molecule has 1 amide bonds. The van der Waals surface area contributed by atoms with Crippen LogP contribution in [0.1, 0.15) is 40.5 Å². The molecule has 0 aromatic heterocycles. The summed E-state index contributed by atoms with van der Waals surface area (Å²) in [5.41, 5.74) is 0.0459. The molecule has 0 N–H and O–H groups in total. The minimum absolute atomic E-state index is 0.0459. The summed E-state index contributed by atoms with van der Waals surface area (Å²) in [4.78, 5) is 16.1. The Labute approximate surface area is 111 Å². The zero-order chi connectivity index (χ0) is 13.8. The number of carbonyl (C=O) groups excluding carboxylic acids is 1. The van der Waals surface area contributed by atoms with Gasteiger partial charge in [-0.1, -0.05) is 13.8 Å². The highest BCUT2D eigenvalue weighted by Crippen LogP contribution is 2.41. The van der Waals surface area contributed by atoms with Gasteiger partial charge in [0.25, 0.3) is 0 Å². The highest BCUT2D eigenvalue weighted by molar-refractivity contribution is 5.78. The van der Waals surface area contributed by atoms with Crippen LogP contribution >= 0.6 is 0 Å². The Hall–Kier alpha value is -0.610. The standard InChI is InChI=1S/C12H22N2O2.C2H6/c1-10(2)13(3)8-11(15)14-6-7-16-12(9-14)4-5-12;1-2/h10H,4-9H2,1-3H3;1-2H3. The molecule has 4 nitrogen and oxygen atoms in total. The number of likely N-dealkylation sites (N-methyl/N-ethyl adjacent to an activating group) is 1. The second-order valence-corrected chi connectivity index (χ2v) is 5.36. The fraction of sp³-hybridized carbons (Fsp3) is 0.929. The van der Waals surface area contributed by atoms with Gasteiger partial charge in [0.1, 0.15) is 0 Å². The van der Waals surface area contributed by atoms with Gasteiger partial charge >= 0.3 is 0 Å². The maximum Gasteiger partial charge on any atom is 0.236 e. The fourth-order valence-corrected chi connectivity index (χ4v) is 2.00. The van der Waals surface area contributed by atoms with E-state index in [4.69, 9.17) is 4.74 Å². The topological polar surface area (TPSA) is 32.8 Å². The summed E-state index contributed by atoms with van der Waals surface area (Å²) in [5, 5.41) is 0. The molecule has 0 bridgehead atoms. The maximum atomic E-state index is 12.1. The SMILES string of the molecule is CC.CC(C)N(C)CC(=O)N1CCOC2(CC2)C1. The lowest BCUT2D eigenvalue weighted by molar-refractivity contribution is -0.141. The predicted octanol–water partition coefficient (Wildman–Crippen LogP) is 1.74. The van der Waals surface area contributed by atoms with Crippen molar-refractivity contribution in [2.45, 2.75) is 52.2 Å². The number of ether oxygens (including phenoxy) is 1. The van der Waals surface area contributed by atoms with E-state index in [1.165, 1.54) is 0 Å². The second kappa shape index (κ2) is 6.53. The Bertz CT molecular complexity index is 275. The molecule has 2 aliphatic rings. The van der Waals surface area contributed by atoms with E-state index in [-0.39, 0.29) is 11.5 Å². The van der Waals surface area contributed by atoms with Crippen molar-refractivity contribution in [1.29, 1.82) is 0 Å². The molecule has 1 saturated heterocycles. The highest BCUT2D eigenvalue weighted by Gasteiger charge is 2.48. The van der Waals surface area contributed by atoms with Crippen LogP contribution in [-0.2, 0) is 9.53 Å². The summed E-state index contributed by atoms with van der Waals surface area (Å²) in [6, 6.07) is 0.417. The van der Waals surface area contributed by atoms with E-state index in [9.17, 15) is 4.79 Å². The van der Waals surface area contributed by atoms with Crippen LogP contribution in [0.5, 0.6) is 0 Å². The molecule has 4 heteroatoms. The molecule has 1 saturated carbocycles. The molecule has 0 aromatic carbocycles. The Morgan fingerprint density at radius 3 is 2.50 bits per heavy atom.